The van der Waals surface area contributed by atoms with Gasteiger partial charge in [0.15, 0.2) is 0 Å². The van der Waals surface area contributed by atoms with Gasteiger partial charge in [-0.05, 0) is 13.1 Å². The highest BCUT2D eigenvalue weighted by atomic mass is 32.1. The van der Waals surface area contributed by atoms with Crippen LogP contribution in [0, 0.1) is 0 Å². The molecule has 2 rings (SSSR count). The first-order chi connectivity index (χ1) is 12.2. The van der Waals surface area contributed by atoms with Gasteiger partial charge in [0.25, 0.3) is 0 Å². The van der Waals surface area contributed by atoms with Crippen molar-refractivity contribution >= 4 is 17.2 Å². The molecule has 0 fully saturated rings. The number of aromatic nitrogens is 1. The Kier molecular flexibility index (Phi) is 8.59. The molecule has 0 spiro atoms. The Morgan fingerprint density at radius 1 is 1.20 bits per heavy atom. The number of hydrogen-bond acceptors (Lipinski definition) is 5. The molecule has 0 bridgehead atoms. The zero-order valence-electron chi connectivity index (χ0n) is 15.0. The van der Waals surface area contributed by atoms with E-state index in [1.807, 2.05) is 35.7 Å². The average molecular weight is 362 g/mol. The molecule has 0 radical (unpaired) electrons. The summed E-state index contributed by atoms with van der Waals surface area (Å²) < 4.78 is 5.56. The zero-order valence-corrected chi connectivity index (χ0v) is 15.8. The highest BCUT2D eigenvalue weighted by molar-refractivity contribution is 7.13. The van der Waals surface area contributed by atoms with E-state index in [0.29, 0.717) is 26.2 Å². The van der Waals surface area contributed by atoms with E-state index in [-0.39, 0.29) is 5.91 Å². The van der Waals surface area contributed by atoms with Crippen molar-refractivity contribution < 1.29 is 9.53 Å². The lowest BCUT2D eigenvalue weighted by Gasteiger charge is -2.17. The maximum Gasteiger partial charge on any atom is 0.226 e. The van der Waals surface area contributed by atoms with Gasteiger partial charge in [0.05, 0.1) is 25.3 Å². The molecule has 1 aromatic heterocycles. The van der Waals surface area contributed by atoms with Gasteiger partial charge in [-0.1, -0.05) is 44.2 Å². The van der Waals surface area contributed by atoms with Crippen LogP contribution in [0.25, 0.3) is 10.6 Å². The maximum atomic E-state index is 12.0. The molecule has 0 atom stereocenters. The molecule has 0 saturated heterocycles. The zero-order chi connectivity index (χ0) is 17.9. The minimum Gasteiger partial charge on any atom is -0.378 e. The van der Waals surface area contributed by atoms with Crippen molar-refractivity contribution in [1.29, 1.82) is 0 Å². The molecule has 0 unspecified atom stereocenters. The molecular formula is C19H27N3O2S. The summed E-state index contributed by atoms with van der Waals surface area (Å²) in [5.41, 5.74) is 1.89. The molecule has 6 heteroatoms. The summed E-state index contributed by atoms with van der Waals surface area (Å²) in [6, 6.07) is 10.0. The molecule has 1 amide bonds. The molecule has 5 nitrogen and oxygen atoms in total. The fraction of sp³-hybridized carbons (Fsp3) is 0.474. The number of nitrogens with zero attached hydrogens (tertiary/aromatic N) is 2. The van der Waals surface area contributed by atoms with Crippen molar-refractivity contribution in [2.24, 2.45) is 0 Å². The van der Waals surface area contributed by atoms with Gasteiger partial charge in [-0.2, -0.15) is 0 Å². The van der Waals surface area contributed by atoms with Gasteiger partial charge in [-0.25, -0.2) is 4.98 Å². The van der Waals surface area contributed by atoms with Crippen LogP contribution in [-0.2, 0) is 16.0 Å². The number of rotatable bonds is 11. The van der Waals surface area contributed by atoms with Gasteiger partial charge >= 0.3 is 0 Å². The van der Waals surface area contributed by atoms with E-state index in [0.717, 1.165) is 35.9 Å². The monoisotopic (exact) mass is 361 g/mol. The van der Waals surface area contributed by atoms with E-state index < -0.39 is 0 Å². The fourth-order valence-corrected chi connectivity index (χ4v) is 3.25. The van der Waals surface area contributed by atoms with Gasteiger partial charge in [-0.15, -0.1) is 11.3 Å². The second kappa shape index (κ2) is 11.0. The van der Waals surface area contributed by atoms with Gasteiger partial charge in [-0.3, -0.25) is 4.79 Å². The molecule has 0 saturated carbocycles. The first-order valence-corrected chi connectivity index (χ1v) is 9.67. The number of hydrogen-bond donors (Lipinski definition) is 1. The number of thiazole rings is 1. The predicted octanol–water partition coefficient (Wildman–Crippen LogP) is 2.83. The Labute approximate surface area is 154 Å². The van der Waals surface area contributed by atoms with E-state index in [2.05, 4.69) is 29.0 Å². The second-order valence-corrected chi connectivity index (χ2v) is 6.53. The van der Waals surface area contributed by atoms with Crippen molar-refractivity contribution in [1.82, 2.24) is 15.2 Å². The molecular weight excluding hydrogens is 334 g/mol. The molecule has 1 heterocycles. The average Bonchev–Trinajstić information content (AvgIpc) is 3.10. The summed E-state index contributed by atoms with van der Waals surface area (Å²) >= 11 is 1.57. The molecule has 25 heavy (non-hydrogen) atoms. The van der Waals surface area contributed by atoms with Crippen LogP contribution >= 0.6 is 11.3 Å². The highest BCUT2D eigenvalue weighted by Crippen LogP contribution is 2.23. The fourth-order valence-electron chi connectivity index (χ4n) is 2.43. The van der Waals surface area contributed by atoms with Gasteiger partial charge in [0, 0.05) is 24.0 Å². The Balaban J connectivity index is 1.63. The standard InChI is InChI=1S/C19H27N3O2S/c1-3-22(4-2)11-13-24-12-10-20-18(23)14-17-15-25-19(21-17)16-8-6-5-7-9-16/h5-9,15H,3-4,10-14H2,1-2H3,(H,20,23). The summed E-state index contributed by atoms with van der Waals surface area (Å²) in [7, 11) is 0. The third kappa shape index (κ3) is 6.94. The van der Waals surface area contributed by atoms with Crippen molar-refractivity contribution in [2.45, 2.75) is 20.3 Å². The third-order valence-electron chi connectivity index (χ3n) is 3.93. The second-order valence-electron chi connectivity index (χ2n) is 5.68. The van der Waals surface area contributed by atoms with Crippen LogP contribution in [0.15, 0.2) is 35.7 Å². The number of likely N-dealkylation sites (N-methyl/N-ethyl adjacent to an activating group) is 1. The van der Waals surface area contributed by atoms with Crippen LogP contribution in [0.1, 0.15) is 19.5 Å². The van der Waals surface area contributed by atoms with E-state index >= 15 is 0 Å². The lowest BCUT2D eigenvalue weighted by molar-refractivity contribution is -0.120. The number of nitrogens with one attached hydrogen (secondary N) is 1. The minimum atomic E-state index is -0.0164. The number of ether oxygens (including phenoxy) is 1. The van der Waals surface area contributed by atoms with Crippen molar-refractivity contribution in [3.8, 4) is 10.6 Å². The summed E-state index contributed by atoms with van der Waals surface area (Å²) in [5.74, 6) is -0.0164. The van der Waals surface area contributed by atoms with Crippen molar-refractivity contribution in [2.75, 3.05) is 39.4 Å². The summed E-state index contributed by atoms with van der Waals surface area (Å²) in [6.45, 7) is 9.07. The predicted molar refractivity (Wildman–Crippen MR) is 103 cm³/mol. The molecule has 136 valence electrons. The topological polar surface area (TPSA) is 54.5 Å². The van der Waals surface area contributed by atoms with Crippen LogP contribution in [0.2, 0.25) is 0 Å². The van der Waals surface area contributed by atoms with Crippen LogP contribution < -0.4 is 5.32 Å². The number of carbonyl (C=O) groups excluding carboxylic acids is 1. The Morgan fingerprint density at radius 2 is 1.96 bits per heavy atom. The SMILES string of the molecule is CCN(CC)CCOCCNC(=O)Cc1csc(-c2ccccc2)n1. The van der Waals surface area contributed by atoms with Crippen LogP contribution in [-0.4, -0.2) is 55.2 Å². The highest BCUT2D eigenvalue weighted by Gasteiger charge is 2.08. The van der Waals surface area contributed by atoms with Gasteiger partial charge in [0.2, 0.25) is 5.91 Å². The third-order valence-corrected chi connectivity index (χ3v) is 4.87. The summed E-state index contributed by atoms with van der Waals surface area (Å²) in [6.07, 6.45) is 0.308. The molecule has 0 aliphatic heterocycles. The normalized spacial score (nSPS) is 11.0. The first-order valence-electron chi connectivity index (χ1n) is 8.79. The largest absolute Gasteiger partial charge is 0.378 e. The minimum absolute atomic E-state index is 0.0164. The Bertz CT molecular complexity index is 627. The first kappa shape index (κ1) is 19.6. The molecule has 0 aliphatic rings. The smallest absolute Gasteiger partial charge is 0.226 e. The van der Waals surface area contributed by atoms with E-state index in [1.165, 1.54) is 0 Å². The quantitative estimate of drug-likeness (QED) is 0.625. The summed E-state index contributed by atoms with van der Waals surface area (Å²) in [5, 5.41) is 5.78. The lowest BCUT2D eigenvalue weighted by Crippen LogP contribution is -2.31. The lowest BCUT2D eigenvalue weighted by atomic mass is 10.2. The molecule has 2 aromatic rings. The number of carbonyl (C=O) groups is 1. The molecule has 0 aliphatic carbocycles. The number of amides is 1. The van der Waals surface area contributed by atoms with Crippen LogP contribution in [0.4, 0.5) is 0 Å². The summed E-state index contributed by atoms with van der Waals surface area (Å²) in [4.78, 5) is 18.8. The Hall–Kier alpha value is -1.76. The van der Waals surface area contributed by atoms with E-state index in [9.17, 15) is 4.79 Å². The number of benzene rings is 1. The molecule has 1 aromatic carbocycles. The van der Waals surface area contributed by atoms with Gasteiger partial charge < -0.3 is 15.0 Å². The van der Waals surface area contributed by atoms with Crippen molar-refractivity contribution in [3.05, 3.63) is 41.4 Å². The maximum absolute atomic E-state index is 12.0. The Morgan fingerprint density at radius 3 is 2.68 bits per heavy atom. The van der Waals surface area contributed by atoms with Gasteiger partial charge in [0.1, 0.15) is 5.01 Å². The van der Waals surface area contributed by atoms with E-state index in [1.54, 1.807) is 11.3 Å². The molecule has 1 N–H and O–H groups in total. The van der Waals surface area contributed by atoms with Crippen molar-refractivity contribution in [3.63, 3.8) is 0 Å². The van der Waals surface area contributed by atoms with Crippen LogP contribution in [0.5, 0.6) is 0 Å². The van der Waals surface area contributed by atoms with Crippen LogP contribution in [0.3, 0.4) is 0 Å². The van der Waals surface area contributed by atoms with E-state index in [4.69, 9.17) is 4.74 Å².